The molecule has 1 atom stereocenters. The molecule has 0 spiro atoms. The third-order valence-corrected chi connectivity index (χ3v) is 7.44. The summed E-state index contributed by atoms with van der Waals surface area (Å²) in [6.07, 6.45) is 1.19. The summed E-state index contributed by atoms with van der Waals surface area (Å²) in [5.41, 5.74) is 0.804. The first-order chi connectivity index (χ1) is 11.8. The van der Waals surface area contributed by atoms with Gasteiger partial charge in [0, 0.05) is 18.7 Å². The molecule has 0 aliphatic carbocycles. The van der Waals surface area contributed by atoms with Gasteiger partial charge in [-0.05, 0) is 45.1 Å². The highest BCUT2D eigenvalue weighted by Gasteiger charge is 2.40. The van der Waals surface area contributed by atoms with E-state index in [0.717, 1.165) is 5.69 Å². The summed E-state index contributed by atoms with van der Waals surface area (Å²) in [6.45, 7) is 6.18. The van der Waals surface area contributed by atoms with Crippen LogP contribution in [0.25, 0.3) is 0 Å². The van der Waals surface area contributed by atoms with Crippen molar-refractivity contribution >= 4 is 33.1 Å². The highest BCUT2D eigenvalue weighted by atomic mass is 32.2. The van der Waals surface area contributed by atoms with E-state index >= 15 is 0 Å². The van der Waals surface area contributed by atoms with Crippen molar-refractivity contribution in [3.05, 3.63) is 29.3 Å². The molecular formula is C16H22N4O3S2. The van der Waals surface area contributed by atoms with Crippen molar-refractivity contribution in [1.82, 2.24) is 14.1 Å². The summed E-state index contributed by atoms with van der Waals surface area (Å²) in [6, 6.07) is 4.48. The number of hydrogen-bond acceptors (Lipinski definition) is 5. The van der Waals surface area contributed by atoms with E-state index in [4.69, 9.17) is 0 Å². The number of aryl methyl sites for hydroxylation is 1. The highest BCUT2D eigenvalue weighted by Crippen LogP contribution is 2.29. The Balaban J connectivity index is 1.82. The smallest absolute Gasteiger partial charge is 0.253 e. The molecule has 0 bridgehead atoms. The SMILES string of the molecule is Cc1cc(NC(=O)C2CCCN2S(=O)(=O)c2cccs2)n(C(C)C)n1. The van der Waals surface area contributed by atoms with Crippen molar-refractivity contribution in [2.24, 2.45) is 0 Å². The summed E-state index contributed by atoms with van der Waals surface area (Å²) in [5.74, 6) is 0.289. The molecule has 3 rings (SSSR count). The van der Waals surface area contributed by atoms with E-state index in [-0.39, 0.29) is 16.2 Å². The minimum absolute atomic E-state index is 0.0959. The van der Waals surface area contributed by atoms with Gasteiger partial charge in [-0.2, -0.15) is 9.40 Å². The maximum absolute atomic E-state index is 12.8. The molecule has 3 heterocycles. The topological polar surface area (TPSA) is 84.3 Å². The van der Waals surface area contributed by atoms with Gasteiger partial charge < -0.3 is 5.32 Å². The minimum atomic E-state index is -3.63. The van der Waals surface area contributed by atoms with E-state index in [1.807, 2.05) is 20.8 Å². The van der Waals surface area contributed by atoms with Crippen LogP contribution in [0.5, 0.6) is 0 Å². The molecule has 1 fully saturated rings. The zero-order valence-electron chi connectivity index (χ0n) is 14.5. The van der Waals surface area contributed by atoms with Crippen LogP contribution >= 0.6 is 11.3 Å². The van der Waals surface area contributed by atoms with Crippen LogP contribution in [0.3, 0.4) is 0 Å². The van der Waals surface area contributed by atoms with Gasteiger partial charge in [-0.25, -0.2) is 13.1 Å². The fourth-order valence-electron chi connectivity index (χ4n) is 3.03. The quantitative estimate of drug-likeness (QED) is 0.861. The molecule has 1 aliphatic heterocycles. The second-order valence-electron chi connectivity index (χ2n) is 6.40. The molecule has 136 valence electrons. The van der Waals surface area contributed by atoms with Crippen LogP contribution in [0, 0.1) is 6.92 Å². The lowest BCUT2D eigenvalue weighted by Gasteiger charge is -2.23. The number of aromatic nitrogens is 2. The lowest BCUT2D eigenvalue weighted by molar-refractivity contribution is -0.119. The summed E-state index contributed by atoms with van der Waals surface area (Å²) >= 11 is 1.17. The zero-order valence-corrected chi connectivity index (χ0v) is 16.1. The van der Waals surface area contributed by atoms with Crippen molar-refractivity contribution in [3.8, 4) is 0 Å². The number of carbonyl (C=O) groups is 1. The van der Waals surface area contributed by atoms with Crippen LogP contribution in [0.1, 0.15) is 38.4 Å². The molecule has 2 aromatic rings. The van der Waals surface area contributed by atoms with Crippen LogP contribution in [0.2, 0.25) is 0 Å². The van der Waals surface area contributed by atoms with Gasteiger partial charge in [0.05, 0.1) is 5.69 Å². The maximum Gasteiger partial charge on any atom is 0.253 e. The van der Waals surface area contributed by atoms with Crippen molar-refractivity contribution in [3.63, 3.8) is 0 Å². The number of amides is 1. The molecule has 1 unspecified atom stereocenters. The summed E-state index contributed by atoms with van der Waals surface area (Å²) in [5, 5.41) is 8.96. The van der Waals surface area contributed by atoms with E-state index in [0.29, 0.717) is 25.2 Å². The van der Waals surface area contributed by atoms with Crippen LogP contribution in [0.4, 0.5) is 5.82 Å². The second-order valence-corrected chi connectivity index (χ2v) is 9.47. The Bertz CT molecular complexity index is 856. The molecule has 7 nitrogen and oxygen atoms in total. The molecule has 2 aromatic heterocycles. The Morgan fingerprint density at radius 1 is 1.44 bits per heavy atom. The normalized spacial score (nSPS) is 18.8. The number of anilines is 1. The van der Waals surface area contributed by atoms with Crippen molar-refractivity contribution in [2.75, 3.05) is 11.9 Å². The monoisotopic (exact) mass is 382 g/mol. The lowest BCUT2D eigenvalue weighted by Crippen LogP contribution is -2.43. The van der Waals surface area contributed by atoms with Crippen LogP contribution in [-0.4, -0.2) is 41.0 Å². The fraction of sp³-hybridized carbons (Fsp3) is 0.500. The van der Waals surface area contributed by atoms with Gasteiger partial charge in [-0.15, -0.1) is 11.3 Å². The molecule has 9 heteroatoms. The number of rotatable bonds is 5. The van der Waals surface area contributed by atoms with E-state index in [1.54, 1.807) is 28.3 Å². The van der Waals surface area contributed by atoms with Gasteiger partial charge >= 0.3 is 0 Å². The van der Waals surface area contributed by atoms with E-state index in [1.165, 1.54) is 15.6 Å². The summed E-state index contributed by atoms with van der Waals surface area (Å²) < 4.78 is 28.9. The maximum atomic E-state index is 12.8. The number of nitrogens with one attached hydrogen (secondary N) is 1. The Hall–Kier alpha value is -1.71. The van der Waals surface area contributed by atoms with Crippen molar-refractivity contribution < 1.29 is 13.2 Å². The Morgan fingerprint density at radius 2 is 2.20 bits per heavy atom. The number of sulfonamides is 1. The zero-order chi connectivity index (χ0) is 18.2. The van der Waals surface area contributed by atoms with Gasteiger partial charge in [0.1, 0.15) is 16.1 Å². The second kappa shape index (κ2) is 6.89. The van der Waals surface area contributed by atoms with E-state index in [2.05, 4.69) is 10.4 Å². The Kier molecular flexibility index (Phi) is 4.99. The molecule has 1 saturated heterocycles. The molecule has 0 saturated carbocycles. The molecule has 0 aromatic carbocycles. The Labute approximate surface area is 151 Å². The first kappa shape index (κ1) is 18.1. The number of hydrogen-bond donors (Lipinski definition) is 1. The molecule has 0 radical (unpaired) electrons. The van der Waals surface area contributed by atoms with Gasteiger partial charge in [0.25, 0.3) is 10.0 Å². The number of carbonyl (C=O) groups excluding carboxylic acids is 1. The van der Waals surface area contributed by atoms with Crippen LogP contribution in [0.15, 0.2) is 27.8 Å². The van der Waals surface area contributed by atoms with Gasteiger partial charge in [-0.3, -0.25) is 4.79 Å². The van der Waals surface area contributed by atoms with Crippen molar-refractivity contribution in [1.29, 1.82) is 0 Å². The molecule has 1 amide bonds. The Morgan fingerprint density at radius 3 is 2.84 bits per heavy atom. The van der Waals surface area contributed by atoms with Gasteiger partial charge in [-0.1, -0.05) is 6.07 Å². The van der Waals surface area contributed by atoms with Gasteiger partial charge in [0.15, 0.2) is 0 Å². The first-order valence-corrected chi connectivity index (χ1v) is 10.5. The highest BCUT2D eigenvalue weighted by molar-refractivity contribution is 7.91. The standard InChI is InChI=1S/C16H22N4O3S2/c1-11(2)20-14(10-12(3)18-20)17-16(21)13-6-4-8-19(13)25(22,23)15-7-5-9-24-15/h5,7,9-11,13H,4,6,8H2,1-3H3,(H,17,21). The predicted molar refractivity (Wildman–Crippen MR) is 97.2 cm³/mol. The van der Waals surface area contributed by atoms with Gasteiger partial charge in [0.2, 0.25) is 5.91 Å². The molecular weight excluding hydrogens is 360 g/mol. The number of nitrogens with zero attached hydrogens (tertiary/aromatic N) is 3. The summed E-state index contributed by atoms with van der Waals surface area (Å²) in [4.78, 5) is 12.8. The average molecular weight is 383 g/mol. The predicted octanol–water partition coefficient (Wildman–Crippen LogP) is 2.63. The molecule has 1 aliphatic rings. The van der Waals surface area contributed by atoms with E-state index in [9.17, 15) is 13.2 Å². The average Bonchev–Trinajstić information content (AvgIpc) is 3.27. The van der Waals surface area contributed by atoms with E-state index < -0.39 is 16.1 Å². The first-order valence-electron chi connectivity index (χ1n) is 8.23. The fourth-order valence-corrected chi connectivity index (χ4v) is 5.80. The minimum Gasteiger partial charge on any atom is -0.309 e. The van der Waals surface area contributed by atoms with Crippen LogP contribution < -0.4 is 5.32 Å². The summed E-state index contributed by atoms with van der Waals surface area (Å²) in [7, 11) is -3.63. The van der Waals surface area contributed by atoms with Crippen molar-refractivity contribution in [2.45, 2.75) is 49.9 Å². The number of thiophene rings is 1. The van der Waals surface area contributed by atoms with Crippen LogP contribution in [-0.2, 0) is 14.8 Å². The third-order valence-electron chi connectivity index (χ3n) is 4.16. The molecule has 1 N–H and O–H groups in total. The largest absolute Gasteiger partial charge is 0.309 e. The third kappa shape index (κ3) is 3.49. The molecule has 25 heavy (non-hydrogen) atoms. The lowest BCUT2D eigenvalue weighted by atomic mass is 10.2.